The van der Waals surface area contributed by atoms with Crippen LogP contribution in [-0.2, 0) is 6.42 Å². The van der Waals surface area contributed by atoms with Gasteiger partial charge in [0.1, 0.15) is 5.01 Å². The fourth-order valence-corrected chi connectivity index (χ4v) is 4.15. The van der Waals surface area contributed by atoms with E-state index in [9.17, 15) is 0 Å². The number of aryl methyl sites for hydroxylation is 1. The summed E-state index contributed by atoms with van der Waals surface area (Å²) in [6.07, 6.45) is 6.22. The second-order valence-corrected chi connectivity index (χ2v) is 6.55. The fraction of sp³-hybridized carbons (Fsp3) is 0.846. The first kappa shape index (κ1) is 12.4. The van der Waals surface area contributed by atoms with Crippen molar-refractivity contribution in [2.24, 2.45) is 0 Å². The molecule has 1 aromatic heterocycles. The lowest BCUT2D eigenvalue weighted by molar-refractivity contribution is 0.254. The van der Waals surface area contributed by atoms with Crippen LogP contribution < -0.4 is 4.90 Å². The van der Waals surface area contributed by atoms with Crippen molar-refractivity contribution in [3.05, 3.63) is 5.01 Å². The molecule has 2 saturated heterocycles. The monoisotopic (exact) mass is 266 g/mol. The molecule has 100 valence electrons. The maximum atomic E-state index is 4.38. The molecule has 1 aromatic rings. The van der Waals surface area contributed by atoms with Gasteiger partial charge in [0.15, 0.2) is 0 Å². The first-order valence-electron chi connectivity index (χ1n) is 7.07. The molecule has 3 rings (SSSR count). The Morgan fingerprint density at radius 2 is 2.06 bits per heavy atom. The lowest BCUT2D eigenvalue weighted by Gasteiger charge is -2.24. The van der Waals surface area contributed by atoms with Gasteiger partial charge in [0, 0.05) is 31.6 Å². The van der Waals surface area contributed by atoms with E-state index in [1.165, 1.54) is 24.3 Å². The summed E-state index contributed by atoms with van der Waals surface area (Å²) in [5, 5.41) is 11.0. The van der Waals surface area contributed by atoms with Crippen molar-refractivity contribution in [2.75, 3.05) is 25.0 Å². The molecule has 0 aliphatic carbocycles. The molecular weight excluding hydrogens is 244 g/mol. The van der Waals surface area contributed by atoms with Gasteiger partial charge in [0.2, 0.25) is 5.13 Å². The van der Waals surface area contributed by atoms with E-state index < -0.39 is 0 Å². The Hall–Kier alpha value is -0.680. The quantitative estimate of drug-likeness (QED) is 0.839. The van der Waals surface area contributed by atoms with E-state index in [0.29, 0.717) is 0 Å². The number of hydrogen-bond acceptors (Lipinski definition) is 5. The molecule has 0 aromatic carbocycles. The largest absolute Gasteiger partial charge is 0.345 e. The first-order chi connectivity index (χ1) is 8.78. The van der Waals surface area contributed by atoms with Gasteiger partial charge in [0.05, 0.1) is 0 Å². The highest BCUT2D eigenvalue weighted by Gasteiger charge is 2.35. The van der Waals surface area contributed by atoms with E-state index in [-0.39, 0.29) is 0 Å². The van der Waals surface area contributed by atoms with E-state index in [1.807, 2.05) is 0 Å². The van der Waals surface area contributed by atoms with Crippen molar-refractivity contribution in [1.29, 1.82) is 0 Å². The van der Waals surface area contributed by atoms with Crippen molar-refractivity contribution in [1.82, 2.24) is 15.1 Å². The highest BCUT2D eigenvalue weighted by Crippen LogP contribution is 2.31. The Morgan fingerprint density at radius 1 is 1.22 bits per heavy atom. The average Bonchev–Trinajstić information content (AvgIpc) is 2.87. The average molecular weight is 266 g/mol. The maximum Gasteiger partial charge on any atom is 0.208 e. The molecule has 0 amide bonds. The lowest BCUT2D eigenvalue weighted by atomic mass is 10.1. The minimum absolute atomic E-state index is 0.719. The Kier molecular flexibility index (Phi) is 3.52. The fourth-order valence-electron chi connectivity index (χ4n) is 3.17. The standard InChI is InChI=1S/C13H22N4S/c1-3-4-12-14-15-13(18-12)17-8-7-10-5-6-11(9-17)16(10)2/h10-11H,3-9H2,1-2H3/t10-,11+/m1/s1. The first-order valence-corrected chi connectivity index (χ1v) is 7.89. The number of aromatic nitrogens is 2. The van der Waals surface area contributed by atoms with Gasteiger partial charge in [-0.25, -0.2) is 0 Å². The summed E-state index contributed by atoms with van der Waals surface area (Å²) in [5.74, 6) is 0. The van der Waals surface area contributed by atoms with Gasteiger partial charge in [0.25, 0.3) is 0 Å². The minimum atomic E-state index is 0.719. The summed E-state index contributed by atoms with van der Waals surface area (Å²) < 4.78 is 0. The molecule has 0 unspecified atom stereocenters. The third kappa shape index (κ3) is 2.26. The van der Waals surface area contributed by atoms with Crippen LogP contribution >= 0.6 is 11.3 Å². The molecular formula is C13H22N4S. The topological polar surface area (TPSA) is 32.3 Å². The highest BCUT2D eigenvalue weighted by atomic mass is 32.1. The molecule has 2 fully saturated rings. The summed E-state index contributed by atoms with van der Waals surface area (Å²) >= 11 is 1.79. The predicted molar refractivity (Wildman–Crippen MR) is 75.3 cm³/mol. The summed E-state index contributed by atoms with van der Waals surface area (Å²) in [4.78, 5) is 5.03. The molecule has 0 saturated carbocycles. The van der Waals surface area contributed by atoms with Gasteiger partial charge in [-0.05, 0) is 32.7 Å². The Labute approximate surface area is 113 Å². The molecule has 2 aliphatic rings. The highest BCUT2D eigenvalue weighted by molar-refractivity contribution is 7.15. The van der Waals surface area contributed by atoms with Crippen LogP contribution in [0.25, 0.3) is 0 Å². The van der Waals surface area contributed by atoms with Crippen LogP contribution in [-0.4, -0.2) is 47.3 Å². The number of rotatable bonds is 3. The SMILES string of the molecule is CCCc1nnc(N2CC[C@H]3CC[C@@H](C2)N3C)s1. The summed E-state index contributed by atoms with van der Waals surface area (Å²) in [6.45, 7) is 4.47. The second-order valence-electron chi connectivity index (χ2n) is 5.51. The van der Waals surface area contributed by atoms with Crippen molar-refractivity contribution in [3.63, 3.8) is 0 Å². The molecule has 2 atom stereocenters. The molecule has 0 N–H and O–H groups in total. The maximum absolute atomic E-state index is 4.38. The van der Waals surface area contributed by atoms with Crippen LogP contribution in [0.1, 0.15) is 37.6 Å². The van der Waals surface area contributed by atoms with Crippen LogP contribution in [0.5, 0.6) is 0 Å². The molecule has 5 heteroatoms. The van der Waals surface area contributed by atoms with Crippen molar-refractivity contribution >= 4 is 16.5 Å². The Morgan fingerprint density at radius 3 is 2.89 bits per heavy atom. The van der Waals surface area contributed by atoms with Gasteiger partial charge < -0.3 is 4.90 Å². The van der Waals surface area contributed by atoms with Crippen molar-refractivity contribution in [2.45, 2.75) is 51.1 Å². The predicted octanol–water partition coefficient (Wildman–Crippen LogP) is 2.16. The van der Waals surface area contributed by atoms with E-state index in [2.05, 4.69) is 34.0 Å². The Balaban J connectivity index is 1.72. The van der Waals surface area contributed by atoms with Gasteiger partial charge in [-0.15, -0.1) is 10.2 Å². The van der Waals surface area contributed by atoms with Gasteiger partial charge in [-0.1, -0.05) is 18.3 Å². The van der Waals surface area contributed by atoms with Gasteiger partial charge in [-0.2, -0.15) is 0 Å². The molecule has 18 heavy (non-hydrogen) atoms. The smallest absolute Gasteiger partial charge is 0.208 e. The zero-order chi connectivity index (χ0) is 12.5. The zero-order valence-corrected chi connectivity index (χ0v) is 12.1. The summed E-state index contributed by atoms with van der Waals surface area (Å²) in [5.41, 5.74) is 0. The zero-order valence-electron chi connectivity index (χ0n) is 11.3. The molecule has 2 aliphatic heterocycles. The normalized spacial score (nSPS) is 28.7. The van der Waals surface area contributed by atoms with Crippen LogP contribution in [0.2, 0.25) is 0 Å². The molecule has 2 bridgehead atoms. The van der Waals surface area contributed by atoms with Crippen LogP contribution in [0.3, 0.4) is 0 Å². The van der Waals surface area contributed by atoms with E-state index in [1.54, 1.807) is 11.3 Å². The van der Waals surface area contributed by atoms with Crippen LogP contribution in [0.15, 0.2) is 0 Å². The van der Waals surface area contributed by atoms with E-state index >= 15 is 0 Å². The number of nitrogens with zero attached hydrogens (tertiary/aromatic N) is 4. The van der Waals surface area contributed by atoms with Crippen LogP contribution in [0, 0.1) is 0 Å². The third-order valence-corrected chi connectivity index (χ3v) is 5.38. The second kappa shape index (κ2) is 5.13. The number of anilines is 1. The van der Waals surface area contributed by atoms with Crippen LogP contribution in [0.4, 0.5) is 5.13 Å². The lowest BCUT2D eigenvalue weighted by Crippen LogP contribution is -2.36. The van der Waals surface area contributed by atoms with E-state index in [0.717, 1.165) is 43.1 Å². The third-order valence-electron chi connectivity index (χ3n) is 4.34. The number of likely N-dealkylation sites (N-methyl/N-ethyl adjacent to an activating group) is 1. The molecule has 0 spiro atoms. The molecule has 3 heterocycles. The minimum Gasteiger partial charge on any atom is -0.345 e. The molecule has 0 radical (unpaired) electrons. The van der Waals surface area contributed by atoms with Gasteiger partial charge >= 0.3 is 0 Å². The van der Waals surface area contributed by atoms with Crippen molar-refractivity contribution in [3.8, 4) is 0 Å². The summed E-state index contributed by atoms with van der Waals surface area (Å²) in [6, 6.07) is 1.51. The molecule has 4 nitrogen and oxygen atoms in total. The summed E-state index contributed by atoms with van der Waals surface area (Å²) in [7, 11) is 2.29. The number of fused-ring (bicyclic) bond motifs is 2. The van der Waals surface area contributed by atoms with E-state index in [4.69, 9.17) is 0 Å². The Bertz CT molecular complexity index is 405. The van der Waals surface area contributed by atoms with Gasteiger partial charge in [-0.3, -0.25) is 4.90 Å². The van der Waals surface area contributed by atoms with Crippen molar-refractivity contribution < 1.29 is 0 Å². The number of hydrogen-bond donors (Lipinski definition) is 0.